The molecule has 4 rings (SSSR count). The zero-order valence-electron chi connectivity index (χ0n) is 15.3. The number of nitrogens with zero attached hydrogens (tertiary/aromatic N) is 4. The van der Waals surface area contributed by atoms with Crippen molar-refractivity contribution in [2.45, 2.75) is 24.3 Å². The van der Waals surface area contributed by atoms with Crippen LogP contribution in [0.5, 0.6) is 0 Å². The Kier molecular flexibility index (Phi) is 5.00. The van der Waals surface area contributed by atoms with E-state index in [1.165, 1.54) is 6.20 Å². The first-order valence-electron chi connectivity index (χ1n) is 8.94. The molecule has 0 bridgehead atoms. The van der Waals surface area contributed by atoms with Crippen molar-refractivity contribution in [3.8, 4) is 0 Å². The van der Waals surface area contributed by atoms with Crippen LogP contribution in [0.2, 0.25) is 0 Å². The summed E-state index contributed by atoms with van der Waals surface area (Å²) in [5, 5.41) is 9.03. The predicted molar refractivity (Wildman–Crippen MR) is 102 cm³/mol. The van der Waals surface area contributed by atoms with Crippen molar-refractivity contribution in [1.82, 2.24) is 19.2 Å². The topological polar surface area (TPSA) is 102 Å². The maximum atomic E-state index is 13.1. The van der Waals surface area contributed by atoms with Crippen LogP contribution in [-0.2, 0) is 16.2 Å². The molecule has 1 aliphatic carbocycles. The molecule has 2 aromatic heterocycles. The van der Waals surface area contributed by atoms with Gasteiger partial charge in [0.05, 0.1) is 22.7 Å². The minimum atomic E-state index is -4.71. The summed E-state index contributed by atoms with van der Waals surface area (Å²) in [6.45, 7) is -1.22. The van der Waals surface area contributed by atoms with Gasteiger partial charge in [0, 0.05) is 18.1 Å². The third-order valence-electron chi connectivity index (χ3n) is 4.50. The van der Waals surface area contributed by atoms with Crippen molar-refractivity contribution in [1.29, 1.82) is 0 Å². The van der Waals surface area contributed by atoms with E-state index in [1.54, 1.807) is 18.2 Å². The number of anilines is 3. The number of aromatic nitrogens is 4. The van der Waals surface area contributed by atoms with Gasteiger partial charge in [0.1, 0.15) is 18.1 Å². The second-order valence-corrected chi connectivity index (χ2v) is 8.71. The highest BCUT2D eigenvalue weighted by molar-refractivity contribution is 7.90. The van der Waals surface area contributed by atoms with E-state index in [0.717, 1.165) is 4.09 Å². The zero-order valence-corrected chi connectivity index (χ0v) is 16.1. The quantitative estimate of drug-likeness (QED) is 0.539. The lowest BCUT2D eigenvalue weighted by Gasteiger charge is -2.14. The third-order valence-corrected chi connectivity index (χ3v) is 6.58. The SMILES string of the molecule is O=S(=O)(C1CC1)n1ncc2c(Nc3ncc(C(F)(F)F)c(NCCF)n3)cccc21. The van der Waals surface area contributed by atoms with Crippen LogP contribution in [0, 0.1) is 0 Å². The van der Waals surface area contributed by atoms with Gasteiger partial charge in [-0.15, -0.1) is 0 Å². The van der Waals surface area contributed by atoms with Crippen LogP contribution in [0.25, 0.3) is 10.9 Å². The minimum Gasteiger partial charge on any atom is -0.367 e. The molecule has 0 unspecified atom stereocenters. The van der Waals surface area contributed by atoms with Crippen molar-refractivity contribution >= 4 is 38.4 Å². The molecule has 0 radical (unpaired) electrons. The predicted octanol–water partition coefficient (Wildman–Crippen LogP) is 3.31. The minimum absolute atomic E-state index is 0.172. The number of nitrogens with one attached hydrogen (secondary N) is 2. The van der Waals surface area contributed by atoms with Crippen LogP contribution in [0.1, 0.15) is 18.4 Å². The largest absolute Gasteiger partial charge is 0.421 e. The molecule has 2 heterocycles. The van der Waals surface area contributed by atoms with Gasteiger partial charge in [0.25, 0.3) is 10.0 Å². The average molecular weight is 444 g/mol. The van der Waals surface area contributed by atoms with Gasteiger partial charge in [0.2, 0.25) is 5.95 Å². The zero-order chi connectivity index (χ0) is 21.5. The Hall–Kier alpha value is -2.96. The Bertz CT molecular complexity index is 1190. The second-order valence-electron chi connectivity index (χ2n) is 6.66. The summed E-state index contributed by atoms with van der Waals surface area (Å²) in [5.74, 6) is -0.730. The van der Waals surface area contributed by atoms with Gasteiger partial charge in [-0.2, -0.15) is 27.3 Å². The number of benzene rings is 1. The summed E-state index contributed by atoms with van der Waals surface area (Å²) in [6.07, 6.45) is -1.61. The van der Waals surface area contributed by atoms with Crippen molar-refractivity contribution in [2.24, 2.45) is 0 Å². The van der Waals surface area contributed by atoms with Gasteiger partial charge in [-0.3, -0.25) is 0 Å². The van der Waals surface area contributed by atoms with Crippen LogP contribution in [0.15, 0.2) is 30.6 Å². The molecule has 1 fully saturated rings. The van der Waals surface area contributed by atoms with Gasteiger partial charge in [-0.25, -0.2) is 17.8 Å². The molecule has 1 aliphatic rings. The molecule has 0 spiro atoms. The van der Waals surface area contributed by atoms with Crippen LogP contribution < -0.4 is 10.6 Å². The van der Waals surface area contributed by atoms with E-state index < -0.39 is 39.5 Å². The lowest BCUT2D eigenvalue weighted by atomic mass is 10.2. The first-order valence-corrected chi connectivity index (χ1v) is 10.4. The van der Waals surface area contributed by atoms with Gasteiger partial charge in [-0.1, -0.05) is 6.07 Å². The third kappa shape index (κ3) is 3.76. The number of fused-ring (bicyclic) bond motifs is 1. The van der Waals surface area contributed by atoms with E-state index in [9.17, 15) is 26.0 Å². The maximum Gasteiger partial charge on any atom is 0.421 e. The second kappa shape index (κ2) is 7.38. The number of hydrogen-bond acceptors (Lipinski definition) is 7. The Morgan fingerprint density at radius 1 is 1.20 bits per heavy atom. The molecule has 13 heteroatoms. The first kappa shape index (κ1) is 20.3. The normalized spacial score (nSPS) is 14.8. The molecule has 3 aromatic rings. The summed E-state index contributed by atoms with van der Waals surface area (Å²) < 4.78 is 77.8. The van der Waals surface area contributed by atoms with Gasteiger partial charge < -0.3 is 10.6 Å². The molecule has 0 amide bonds. The highest BCUT2D eigenvalue weighted by Crippen LogP contribution is 2.35. The van der Waals surface area contributed by atoms with Gasteiger partial charge in [-0.05, 0) is 25.0 Å². The summed E-state index contributed by atoms with van der Waals surface area (Å²) in [5.41, 5.74) is -0.432. The number of hydrogen-bond donors (Lipinski definition) is 2. The van der Waals surface area contributed by atoms with E-state index in [2.05, 4.69) is 25.7 Å². The van der Waals surface area contributed by atoms with Gasteiger partial charge >= 0.3 is 6.18 Å². The molecule has 1 aromatic carbocycles. The molecule has 0 saturated heterocycles. The van der Waals surface area contributed by atoms with E-state index in [0.29, 0.717) is 35.6 Å². The molecule has 2 N–H and O–H groups in total. The van der Waals surface area contributed by atoms with E-state index in [1.807, 2.05) is 0 Å². The smallest absolute Gasteiger partial charge is 0.367 e. The summed E-state index contributed by atoms with van der Waals surface area (Å²) in [4.78, 5) is 7.50. The molecular formula is C17H16F4N6O2S. The fourth-order valence-corrected chi connectivity index (χ4v) is 4.54. The average Bonchev–Trinajstić information content (AvgIpc) is 3.45. The fourth-order valence-electron chi connectivity index (χ4n) is 2.92. The summed E-state index contributed by atoms with van der Waals surface area (Å²) in [7, 11) is -3.60. The van der Waals surface area contributed by atoms with E-state index in [-0.39, 0.29) is 12.5 Å². The molecule has 160 valence electrons. The molecule has 30 heavy (non-hydrogen) atoms. The lowest BCUT2D eigenvalue weighted by Crippen LogP contribution is -2.18. The van der Waals surface area contributed by atoms with Crippen LogP contribution in [0.4, 0.5) is 35.0 Å². The Morgan fingerprint density at radius 3 is 2.63 bits per heavy atom. The van der Waals surface area contributed by atoms with Crippen LogP contribution >= 0.6 is 0 Å². The Labute approximate surface area is 168 Å². The summed E-state index contributed by atoms with van der Waals surface area (Å²) in [6, 6.07) is 4.75. The summed E-state index contributed by atoms with van der Waals surface area (Å²) >= 11 is 0. The highest BCUT2D eigenvalue weighted by atomic mass is 32.2. The Balaban J connectivity index is 1.70. The lowest BCUT2D eigenvalue weighted by molar-refractivity contribution is -0.137. The maximum absolute atomic E-state index is 13.1. The van der Waals surface area contributed by atoms with Crippen molar-refractivity contribution in [2.75, 3.05) is 23.9 Å². The number of rotatable bonds is 7. The van der Waals surface area contributed by atoms with Crippen molar-refractivity contribution < 1.29 is 26.0 Å². The van der Waals surface area contributed by atoms with E-state index in [4.69, 9.17) is 0 Å². The van der Waals surface area contributed by atoms with Gasteiger partial charge in [0.15, 0.2) is 0 Å². The molecular weight excluding hydrogens is 428 g/mol. The first-order chi connectivity index (χ1) is 14.2. The standard InChI is InChI=1S/C17H16F4N6O2S/c18-6-7-22-15-12(17(19,20)21)9-23-16(26-15)25-13-2-1-3-14-11(13)8-24-27(14)30(28,29)10-4-5-10/h1-3,8-10H,4-7H2,(H2,22,23,25,26). The molecule has 0 aliphatic heterocycles. The van der Waals surface area contributed by atoms with Crippen molar-refractivity contribution in [3.63, 3.8) is 0 Å². The number of halogens is 4. The van der Waals surface area contributed by atoms with Crippen LogP contribution in [-0.4, -0.2) is 46.0 Å². The molecule has 1 saturated carbocycles. The fraction of sp³-hybridized carbons (Fsp3) is 0.353. The Morgan fingerprint density at radius 2 is 1.97 bits per heavy atom. The molecule has 8 nitrogen and oxygen atoms in total. The monoisotopic (exact) mass is 444 g/mol. The van der Waals surface area contributed by atoms with Crippen molar-refractivity contribution in [3.05, 3.63) is 36.2 Å². The highest BCUT2D eigenvalue weighted by Gasteiger charge is 2.38. The molecule has 0 atom stereocenters. The number of alkyl halides is 4. The van der Waals surface area contributed by atoms with Crippen LogP contribution in [0.3, 0.4) is 0 Å². The van der Waals surface area contributed by atoms with E-state index >= 15 is 0 Å².